The van der Waals surface area contributed by atoms with E-state index in [0.717, 1.165) is 31.7 Å². The lowest BCUT2D eigenvalue weighted by Gasteiger charge is -2.22. The molecular formula is C17H21ClN4O4. The molecule has 0 bridgehead atoms. The summed E-state index contributed by atoms with van der Waals surface area (Å²) in [5.74, 6) is -0.681. The van der Waals surface area contributed by atoms with Gasteiger partial charge in [0.25, 0.3) is 11.6 Å². The van der Waals surface area contributed by atoms with Gasteiger partial charge in [-0.1, -0.05) is 30.9 Å². The number of benzene rings is 1. The van der Waals surface area contributed by atoms with Crippen molar-refractivity contribution in [1.82, 2.24) is 10.7 Å². The number of hydrazone groups is 1. The van der Waals surface area contributed by atoms with Crippen molar-refractivity contribution in [2.24, 2.45) is 5.10 Å². The zero-order valence-electron chi connectivity index (χ0n) is 14.5. The molecule has 1 aromatic carbocycles. The number of rotatable bonds is 6. The summed E-state index contributed by atoms with van der Waals surface area (Å²) in [4.78, 5) is 34.1. The molecule has 0 aromatic heterocycles. The molecule has 1 fully saturated rings. The lowest BCUT2D eigenvalue weighted by molar-refractivity contribution is -0.384. The Kier molecular flexibility index (Phi) is 7.08. The van der Waals surface area contributed by atoms with Crippen molar-refractivity contribution < 1.29 is 14.5 Å². The highest BCUT2D eigenvalue weighted by Crippen LogP contribution is 2.24. The summed E-state index contributed by atoms with van der Waals surface area (Å²) in [6.45, 7) is 1.64. The predicted molar refractivity (Wildman–Crippen MR) is 98.3 cm³/mol. The van der Waals surface area contributed by atoms with Gasteiger partial charge in [-0.15, -0.1) is 0 Å². The smallest absolute Gasteiger partial charge is 0.287 e. The molecule has 0 aliphatic heterocycles. The van der Waals surface area contributed by atoms with E-state index in [-0.39, 0.29) is 34.6 Å². The Balaban J connectivity index is 1.87. The molecule has 0 radical (unpaired) electrons. The van der Waals surface area contributed by atoms with Gasteiger partial charge in [-0.25, -0.2) is 5.43 Å². The van der Waals surface area contributed by atoms with Crippen LogP contribution in [0.15, 0.2) is 23.3 Å². The van der Waals surface area contributed by atoms with Crippen LogP contribution < -0.4 is 10.7 Å². The van der Waals surface area contributed by atoms with Crippen LogP contribution >= 0.6 is 11.6 Å². The quantitative estimate of drug-likeness (QED) is 0.448. The van der Waals surface area contributed by atoms with Crippen LogP contribution in [0.1, 0.15) is 55.8 Å². The molecule has 0 atom stereocenters. The SMILES string of the molecule is C/C(CC(=O)NC1CCCCC1)=N\NC(=O)c1ccc([N+](=O)[O-])c(Cl)c1. The van der Waals surface area contributed by atoms with E-state index in [9.17, 15) is 19.7 Å². The molecule has 0 heterocycles. The zero-order chi connectivity index (χ0) is 19.1. The van der Waals surface area contributed by atoms with Gasteiger partial charge < -0.3 is 5.32 Å². The first-order chi connectivity index (χ1) is 12.4. The summed E-state index contributed by atoms with van der Waals surface area (Å²) in [5.41, 5.74) is 2.65. The van der Waals surface area contributed by atoms with Gasteiger partial charge in [0.15, 0.2) is 0 Å². The molecule has 8 nitrogen and oxygen atoms in total. The largest absolute Gasteiger partial charge is 0.353 e. The van der Waals surface area contributed by atoms with Crippen LogP contribution in [0.2, 0.25) is 5.02 Å². The van der Waals surface area contributed by atoms with E-state index in [1.807, 2.05) is 0 Å². The van der Waals surface area contributed by atoms with Crippen LogP contribution in [0.3, 0.4) is 0 Å². The Morgan fingerprint density at radius 1 is 1.31 bits per heavy atom. The number of nitro benzene ring substituents is 1. The molecule has 2 rings (SSSR count). The number of carbonyl (C=O) groups is 2. The van der Waals surface area contributed by atoms with Crippen molar-refractivity contribution in [1.29, 1.82) is 0 Å². The molecule has 2 N–H and O–H groups in total. The van der Waals surface area contributed by atoms with Crippen LogP contribution in [0.5, 0.6) is 0 Å². The minimum absolute atomic E-state index is 0.0950. The van der Waals surface area contributed by atoms with Gasteiger partial charge in [0.05, 0.1) is 11.3 Å². The Morgan fingerprint density at radius 2 is 2.00 bits per heavy atom. The number of carbonyl (C=O) groups excluding carboxylic acids is 2. The Hall–Kier alpha value is -2.48. The van der Waals surface area contributed by atoms with Gasteiger partial charge >= 0.3 is 0 Å². The monoisotopic (exact) mass is 380 g/mol. The lowest BCUT2D eigenvalue weighted by Crippen LogP contribution is -2.37. The Bertz CT molecular complexity index is 729. The van der Waals surface area contributed by atoms with E-state index in [1.54, 1.807) is 6.92 Å². The van der Waals surface area contributed by atoms with E-state index in [2.05, 4.69) is 15.8 Å². The van der Waals surface area contributed by atoms with Crippen molar-refractivity contribution in [3.63, 3.8) is 0 Å². The highest BCUT2D eigenvalue weighted by molar-refractivity contribution is 6.33. The van der Waals surface area contributed by atoms with E-state index in [1.165, 1.54) is 18.6 Å². The molecule has 0 saturated heterocycles. The normalized spacial score (nSPS) is 15.4. The summed E-state index contributed by atoms with van der Waals surface area (Å²) in [6, 6.07) is 3.88. The number of halogens is 1. The molecular weight excluding hydrogens is 360 g/mol. The Morgan fingerprint density at radius 3 is 2.62 bits per heavy atom. The van der Waals surface area contributed by atoms with Crippen LogP contribution in [-0.4, -0.2) is 28.5 Å². The molecule has 9 heteroatoms. The molecule has 26 heavy (non-hydrogen) atoms. The highest BCUT2D eigenvalue weighted by atomic mass is 35.5. The van der Waals surface area contributed by atoms with Crippen molar-refractivity contribution in [2.75, 3.05) is 0 Å². The maximum atomic E-state index is 12.0. The summed E-state index contributed by atoms with van der Waals surface area (Å²) in [5, 5.41) is 17.5. The fourth-order valence-electron chi connectivity index (χ4n) is 2.80. The second-order valence-corrected chi connectivity index (χ2v) is 6.70. The Labute approximate surface area is 156 Å². The number of hydrogen-bond acceptors (Lipinski definition) is 5. The predicted octanol–water partition coefficient (Wildman–Crippen LogP) is 3.19. The van der Waals surface area contributed by atoms with E-state index < -0.39 is 10.8 Å². The number of amides is 2. The minimum atomic E-state index is -0.628. The molecule has 140 valence electrons. The third kappa shape index (κ3) is 5.80. The number of nitrogens with one attached hydrogen (secondary N) is 2. The van der Waals surface area contributed by atoms with Crippen LogP contribution in [0, 0.1) is 10.1 Å². The molecule has 1 aliphatic rings. The zero-order valence-corrected chi connectivity index (χ0v) is 15.2. The molecule has 0 spiro atoms. The fraction of sp³-hybridized carbons (Fsp3) is 0.471. The first kappa shape index (κ1) is 19.8. The molecule has 2 amide bonds. The summed E-state index contributed by atoms with van der Waals surface area (Å²) in [6.07, 6.45) is 5.57. The average molecular weight is 381 g/mol. The van der Waals surface area contributed by atoms with Crippen molar-refractivity contribution in [2.45, 2.75) is 51.5 Å². The van der Waals surface area contributed by atoms with Crippen LogP contribution in [-0.2, 0) is 4.79 Å². The second-order valence-electron chi connectivity index (χ2n) is 6.29. The van der Waals surface area contributed by atoms with Gasteiger partial charge in [-0.2, -0.15) is 5.10 Å². The third-order valence-corrected chi connectivity index (χ3v) is 4.44. The first-order valence-corrected chi connectivity index (χ1v) is 8.81. The van der Waals surface area contributed by atoms with Gasteiger partial charge in [0.1, 0.15) is 5.02 Å². The van der Waals surface area contributed by atoms with Crippen LogP contribution in [0.25, 0.3) is 0 Å². The third-order valence-electron chi connectivity index (χ3n) is 4.14. The average Bonchev–Trinajstić information content (AvgIpc) is 2.60. The summed E-state index contributed by atoms with van der Waals surface area (Å²) < 4.78 is 0. The maximum Gasteiger partial charge on any atom is 0.287 e. The molecule has 1 saturated carbocycles. The van der Waals surface area contributed by atoms with E-state index in [0.29, 0.717) is 5.71 Å². The molecule has 1 aromatic rings. The maximum absolute atomic E-state index is 12.0. The first-order valence-electron chi connectivity index (χ1n) is 8.43. The number of nitrogens with zero attached hydrogens (tertiary/aromatic N) is 2. The van der Waals surface area contributed by atoms with E-state index >= 15 is 0 Å². The van der Waals surface area contributed by atoms with Crippen LogP contribution in [0.4, 0.5) is 5.69 Å². The number of nitro groups is 1. The lowest BCUT2D eigenvalue weighted by atomic mass is 9.95. The standard InChI is InChI=1S/C17H21ClN4O4/c1-11(9-16(23)19-13-5-3-2-4-6-13)20-21-17(24)12-7-8-15(22(25)26)14(18)10-12/h7-8,10,13H,2-6,9H2,1H3,(H,19,23)(H,21,24)/b20-11+. The van der Waals surface area contributed by atoms with Gasteiger partial charge in [0, 0.05) is 23.4 Å². The summed E-state index contributed by atoms with van der Waals surface area (Å²) in [7, 11) is 0. The fourth-order valence-corrected chi connectivity index (χ4v) is 3.05. The second kappa shape index (κ2) is 9.28. The number of hydrogen-bond donors (Lipinski definition) is 2. The van der Waals surface area contributed by atoms with Gasteiger partial charge in [-0.3, -0.25) is 19.7 Å². The van der Waals surface area contributed by atoms with Gasteiger partial charge in [0.2, 0.25) is 5.91 Å². The summed E-state index contributed by atoms with van der Waals surface area (Å²) >= 11 is 5.78. The van der Waals surface area contributed by atoms with Gasteiger partial charge in [-0.05, 0) is 31.9 Å². The minimum Gasteiger partial charge on any atom is -0.353 e. The topological polar surface area (TPSA) is 114 Å². The molecule has 0 unspecified atom stereocenters. The molecule has 1 aliphatic carbocycles. The van der Waals surface area contributed by atoms with Crippen molar-refractivity contribution >= 4 is 34.8 Å². The van der Waals surface area contributed by atoms with E-state index in [4.69, 9.17) is 11.6 Å². The van der Waals surface area contributed by atoms with Crippen molar-refractivity contribution in [3.05, 3.63) is 38.9 Å². The highest BCUT2D eigenvalue weighted by Gasteiger charge is 2.17. The van der Waals surface area contributed by atoms with Crippen molar-refractivity contribution in [3.8, 4) is 0 Å².